The molecule has 6 heteroatoms. The number of hydrogen-bond donors (Lipinski definition) is 0. The smallest absolute Gasteiger partial charge is 0.220 e. The van der Waals surface area contributed by atoms with Crippen molar-refractivity contribution in [1.29, 1.82) is 0 Å². The Balaban J connectivity index is 1.34. The molecule has 1 aliphatic carbocycles. The molecule has 0 bridgehead atoms. The van der Waals surface area contributed by atoms with Crippen molar-refractivity contribution in [3.05, 3.63) is 63.8 Å². The van der Waals surface area contributed by atoms with E-state index < -0.39 is 0 Å². The Morgan fingerprint density at radius 2 is 1.62 bits per heavy atom. The predicted molar refractivity (Wildman–Crippen MR) is 179 cm³/mol. The molecule has 230 valence electrons. The fourth-order valence-electron chi connectivity index (χ4n) is 7.69. The first kappa shape index (κ1) is 31.1. The maximum Gasteiger partial charge on any atom is 0.220 e. The predicted octanol–water partition coefficient (Wildman–Crippen LogP) is 8.70. The van der Waals surface area contributed by atoms with Crippen molar-refractivity contribution >= 4 is 22.9 Å². The fourth-order valence-corrected chi connectivity index (χ4v) is 8.75. The highest BCUT2D eigenvalue weighted by molar-refractivity contribution is 7.10. The lowest BCUT2D eigenvalue weighted by Gasteiger charge is -2.35. The molecule has 2 aliphatic rings. The summed E-state index contributed by atoms with van der Waals surface area (Å²) in [5.74, 6) is 4.85. The SMILES string of the molecule is CCN(CC)C(CC1CCC(Cc2sccc2N(C)C)CC1)c1nc(Cc2ccccc2)c(N2CC(C)CC(C)C2)o1. The zero-order valence-corrected chi connectivity index (χ0v) is 27.8. The van der Waals surface area contributed by atoms with Gasteiger partial charge in [-0.2, -0.15) is 0 Å². The molecule has 0 amide bonds. The highest BCUT2D eigenvalue weighted by Crippen LogP contribution is 2.41. The van der Waals surface area contributed by atoms with Gasteiger partial charge in [0.25, 0.3) is 0 Å². The number of rotatable bonds is 12. The first-order chi connectivity index (χ1) is 20.3. The molecule has 3 heterocycles. The third kappa shape index (κ3) is 7.60. The van der Waals surface area contributed by atoms with Gasteiger partial charge in [-0.25, -0.2) is 4.98 Å². The number of anilines is 2. The lowest BCUT2D eigenvalue weighted by molar-refractivity contribution is 0.137. The van der Waals surface area contributed by atoms with Crippen LogP contribution in [0.5, 0.6) is 0 Å². The number of nitrogens with zero attached hydrogens (tertiary/aromatic N) is 4. The molecule has 3 unspecified atom stereocenters. The molecule has 0 radical (unpaired) electrons. The van der Waals surface area contributed by atoms with Crippen LogP contribution in [0.3, 0.4) is 0 Å². The molecule has 1 aromatic carbocycles. The van der Waals surface area contributed by atoms with Gasteiger partial charge >= 0.3 is 0 Å². The molecule has 5 rings (SSSR count). The Morgan fingerprint density at radius 1 is 0.952 bits per heavy atom. The summed E-state index contributed by atoms with van der Waals surface area (Å²) in [6.07, 6.45) is 9.79. The van der Waals surface area contributed by atoms with Crippen LogP contribution in [0.25, 0.3) is 0 Å². The highest BCUT2D eigenvalue weighted by atomic mass is 32.1. The van der Waals surface area contributed by atoms with Gasteiger partial charge in [-0.15, -0.1) is 11.3 Å². The Hall–Kier alpha value is -2.31. The first-order valence-corrected chi connectivity index (χ1v) is 17.5. The second-order valence-corrected chi connectivity index (χ2v) is 14.5. The summed E-state index contributed by atoms with van der Waals surface area (Å²) in [5.41, 5.74) is 3.83. The number of piperidine rings is 1. The van der Waals surface area contributed by atoms with Crippen molar-refractivity contribution in [2.75, 3.05) is 50.1 Å². The van der Waals surface area contributed by atoms with Crippen molar-refractivity contribution < 1.29 is 4.42 Å². The van der Waals surface area contributed by atoms with E-state index in [0.717, 1.165) is 68.3 Å². The average molecular weight is 591 g/mol. The summed E-state index contributed by atoms with van der Waals surface area (Å²) in [4.78, 5) is 14.3. The largest absolute Gasteiger partial charge is 0.423 e. The fraction of sp³-hybridized carbons (Fsp3) is 0.639. The number of aromatic nitrogens is 1. The van der Waals surface area contributed by atoms with E-state index >= 15 is 0 Å². The molecule has 3 aromatic rings. The summed E-state index contributed by atoms with van der Waals surface area (Å²) in [6, 6.07) is 13.3. The minimum Gasteiger partial charge on any atom is -0.423 e. The molecule has 2 fully saturated rings. The molecule has 1 saturated carbocycles. The first-order valence-electron chi connectivity index (χ1n) is 16.6. The minimum absolute atomic E-state index is 0.238. The van der Waals surface area contributed by atoms with E-state index in [2.05, 4.69) is 98.3 Å². The lowest BCUT2D eigenvalue weighted by Crippen LogP contribution is -2.39. The summed E-state index contributed by atoms with van der Waals surface area (Å²) in [5, 5.41) is 2.26. The highest BCUT2D eigenvalue weighted by Gasteiger charge is 2.33. The molecule has 1 saturated heterocycles. The second-order valence-electron chi connectivity index (χ2n) is 13.5. The van der Waals surface area contributed by atoms with Crippen molar-refractivity contribution in [3.8, 4) is 0 Å². The lowest BCUT2D eigenvalue weighted by atomic mass is 9.77. The van der Waals surface area contributed by atoms with Crippen LogP contribution in [0.4, 0.5) is 11.6 Å². The maximum absolute atomic E-state index is 6.91. The van der Waals surface area contributed by atoms with E-state index in [1.54, 1.807) is 4.88 Å². The number of oxazole rings is 1. The normalized spacial score (nSPS) is 23.8. The average Bonchev–Trinajstić information content (AvgIpc) is 3.61. The van der Waals surface area contributed by atoms with Crippen LogP contribution in [-0.4, -0.2) is 50.2 Å². The van der Waals surface area contributed by atoms with Gasteiger partial charge in [0.05, 0.1) is 11.7 Å². The van der Waals surface area contributed by atoms with Crippen LogP contribution < -0.4 is 9.80 Å². The standard InChI is InChI=1S/C36H54N4OS/c1-7-39(8-2)33(22-29-14-16-30(17-15-29)23-34-32(38(5)6)18-19-42-34)35-37-31(21-28-12-10-9-11-13-28)36(41-35)40-24-26(3)20-27(4)25-40/h9-13,18-19,26-27,29-30,33H,7-8,14-17,20-25H2,1-6H3. The summed E-state index contributed by atoms with van der Waals surface area (Å²) >= 11 is 1.93. The topological polar surface area (TPSA) is 35.8 Å². The number of hydrogen-bond acceptors (Lipinski definition) is 6. The second kappa shape index (κ2) is 14.4. The van der Waals surface area contributed by atoms with Crippen molar-refractivity contribution in [2.24, 2.45) is 23.7 Å². The molecule has 5 nitrogen and oxygen atoms in total. The van der Waals surface area contributed by atoms with Crippen molar-refractivity contribution in [1.82, 2.24) is 9.88 Å². The van der Waals surface area contributed by atoms with E-state index in [9.17, 15) is 0 Å². The number of thiophene rings is 1. The Bertz CT molecular complexity index is 1210. The Labute approximate surface area is 259 Å². The molecule has 1 aliphatic heterocycles. The van der Waals surface area contributed by atoms with Gasteiger partial charge in [-0.1, -0.05) is 70.9 Å². The van der Waals surface area contributed by atoms with Gasteiger partial charge in [-0.05, 0) is 85.9 Å². The van der Waals surface area contributed by atoms with Gasteiger partial charge in [0.15, 0.2) is 0 Å². The molecule has 0 N–H and O–H groups in total. The van der Waals surface area contributed by atoms with Crippen LogP contribution in [0.2, 0.25) is 0 Å². The van der Waals surface area contributed by atoms with E-state index in [1.807, 2.05) is 11.3 Å². The summed E-state index contributed by atoms with van der Waals surface area (Å²) < 4.78 is 6.91. The summed E-state index contributed by atoms with van der Waals surface area (Å²) in [6.45, 7) is 13.5. The molecule has 3 atom stereocenters. The molecule has 2 aromatic heterocycles. The van der Waals surface area contributed by atoms with Crippen LogP contribution in [0, 0.1) is 23.7 Å². The maximum atomic E-state index is 6.91. The van der Waals surface area contributed by atoms with Gasteiger partial charge in [-0.3, -0.25) is 4.90 Å². The zero-order valence-electron chi connectivity index (χ0n) is 27.0. The van der Waals surface area contributed by atoms with E-state index in [4.69, 9.17) is 9.40 Å². The molecular weight excluding hydrogens is 536 g/mol. The minimum atomic E-state index is 0.238. The Kier molecular flexibility index (Phi) is 10.7. The monoisotopic (exact) mass is 590 g/mol. The van der Waals surface area contributed by atoms with Crippen LogP contribution in [0.1, 0.15) is 94.3 Å². The van der Waals surface area contributed by atoms with Crippen LogP contribution in [-0.2, 0) is 12.8 Å². The van der Waals surface area contributed by atoms with Gasteiger partial charge in [0.2, 0.25) is 11.8 Å². The molecule has 0 spiro atoms. The van der Waals surface area contributed by atoms with Gasteiger partial charge in [0, 0.05) is 38.5 Å². The number of benzene rings is 1. The van der Waals surface area contributed by atoms with Gasteiger partial charge < -0.3 is 14.2 Å². The third-order valence-electron chi connectivity index (χ3n) is 9.80. The molecular formula is C36H54N4OS. The molecule has 42 heavy (non-hydrogen) atoms. The van der Waals surface area contributed by atoms with E-state index in [0.29, 0.717) is 11.8 Å². The van der Waals surface area contributed by atoms with Gasteiger partial charge in [0.1, 0.15) is 5.69 Å². The van der Waals surface area contributed by atoms with Crippen molar-refractivity contribution in [3.63, 3.8) is 0 Å². The van der Waals surface area contributed by atoms with Crippen molar-refractivity contribution in [2.45, 2.75) is 85.1 Å². The summed E-state index contributed by atoms with van der Waals surface area (Å²) in [7, 11) is 4.34. The zero-order chi connectivity index (χ0) is 29.6. The van der Waals surface area contributed by atoms with E-state index in [-0.39, 0.29) is 6.04 Å². The van der Waals surface area contributed by atoms with E-state index in [1.165, 1.54) is 49.8 Å². The van der Waals surface area contributed by atoms with Crippen LogP contribution >= 0.6 is 11.3 Å². The van der Waals surface area contributed by atoms with Crippen LogP contribution in [0.15, 0.2) is 46.2 Å². The quantitative estimate of drug-likeness (QED) is 0.211. The third-order valence-corrected chi connectivity index (χ3v) is 10.7. The Morgan fingerprint density at radius 3 is 2.26 bits per heavy atom.